The van der Waals surface area contributed by atoms with Gasteiger partial charge in [0, 0.05) is 48.3 Å². The first-order valence-corrected chi connectivity index (χ1v) is 10.2. The molecule has 4 nitrogen and oxygen atoms in total. The van der Waals surface area contributed by atoms with Crippen molar-refractivity contribution in [1.29, 1.82) is 0 Å². The second-order valence-corrected chi connectivity index (χ2v) is 7.96. The molecule has 0 aromatic heterocycles. The van der Waals surface area contributed by atoms with Crippen LogP contribution in [0.4, 0.5) is 13.2 Å². The van der Waals surface area contributed by atoms with Crippen molar-refractivity contribution in [3.63, 3.8) is 0 Å². The zero-order chi connectivity index (χ0) is 21.7. The monoisotopic (exact) mass is 460 g/mol. The molecule has 30 heavy (non-hydrogen) atoms. The van der Waals surface area contributed by atoms with Gasteiger partial charge >= 0.3 is 6.18 Å². The molecule has 3 rings (SSSR count). The molecule has 0 atom stereocenters. The number of piperazine rings is 1. The molecule has 0 bridgehead atoms. The van der Waals surface area contributed by atoms with Gasteiger partial charge in [0.15, 0.2) is 0 Å². The Morgan fingerprint density at radius 3 is 2.43 bits per heavy atom. The summed E-state index contributed by atoms with van der Waals surface area (Å²) < 4.78 is 41.3. The van der Waals surface area contributed by atoms with E-state index in [-0.39, 0.29) is 12.5 Å². The van der Waals surface area contributed by atoms with Crippen LogP contribution < -0.4 is 0 Å². The molecule has 0 spiro atoms. The summed E-state index contributed by atoms with van der Waals surface area (Å²) in [6, 6.07) is 11.9. The number of nitrogens with zero attached hydrogens (tertiary/aromatic N) is 2. The van der Waals surface area contributed by atoms with Gasteiger partial charge in [-0.1, -0.05) is 41.4 Å². The number of ether oxygens (including phenoxy) is 1. The number of rotatable bonds is 6. The van der Waals surface area contributed by atoms with Crippen molar-refractivity contribution in [2.75, 3.05) is 32.8 Å². The summed E-state index contributed by atoms with van der Waals surface area (Å²) >= 11 is 12.2. The fourth-order valence-corrected chi connectivity index (χ4v) is 3.73. The Bertz CT molecular complexity index is 885. The standard InChI is InChI=1S/C21H21Cl2F3N2O2/c22-18-5-4-17(19(23)11-18)12-27-6-8-28(9-7-27)20(29)16-3-1-2-15(10-16)13-30-14-21(24,25)26/h1-5,10-11H,6-9,12-14H2. The Balaban J connectivity index is 1.53. The van der Waals surface area contributed by atoms with Crippen LogP contribution in [-0.4, -0.2) is 54.7 Å². The van der Waals surface area contributed by atoms with Crippen LogP contribution in [-0.2, 0) is 17.9 Å². The van der Waals surface area contributed by atoms with E-state index in [0.717, 1.165) is 5.56 Å². The van der Waals surface area contributed by atoms with Crippen LogP contribution in [0.25, 0.3) is 0 Å². The van der Waals surface area contributed by atoms with Crippen molar-refractivity contribution in [1.82, 2.24) is 9.80 Å². The van der Waals surface area contributed by atoms with E-state index in [2.05, 4.69) is 9.64 Å². The van der Waals surface area contributed by atoms with Gasteiger partial charge in [-0.25, -0.2) is 0 Å². The lowest BCUT2D eigenvalue weighted by Crippen LogP contribution is -2.48. The summed E-state index contributed by atoms with van der Waals surface area (Å²) in [5.41, 5.74) is 1.95. The van der Waals surface area contributed by atoms with Crippen LogP contribution in [0.1, 0.15) is 21.5 Å². The van der Waals surface area contributed by atoms with Gasteiger partial charge in [0.2, 0.25) is 0 Å². The lowest BCUT2D eigenvalue weighted by atomic mass is 10.1. The third kappa shape index (κ3) is 6.60. The molecular formula is C21H21Cl2F3N2O2. The lowest BCUT2D eigenvalue weighted by Gasteiger charge is -2.35. The number of hydrogen-bond acceptors (Lipinski definition) is 3. The highest BCUT2D eigenvalue weighted by Crippen LogP contribution is 2.23. The summed E-state index contributed by atoms with van der Waals surface area (Å²) in [6.07, 6.45) is -4.37. The highest BCUT2D eigenvalue weighted by molar-refractivity contribution is 6.35. The molecule has 1 aliphatic heterocycles. The van der Waals surface area contributed by atoms with E-state index in [4.69, 9.17) is 23.2 Å². The number of halogens is 5. The normalized spacial score (nSPS) is 15.4. The number of alkyl halides is 3. The largest absolute Gasteiger partial charge is 0.411 e. The van der Waals surface area contributed by atoms with Gasteiger partial charge in [-0.2, -0.15) is 13.2 Å². The van der Waals surface area contributed by atoms with Gasteiger partial charge < -0.3 is 9.64 Å². The minimum absolute atomic E-state index is 0.142. The van der Waals surface area contributed by atoms with E-state index in [1.807, 2.05) is 6.07 Å². The van der Waals surface area contributed by atoms with E-state index < -0.39 is 12.8 Å². The van der Waals surface area contributed by atoms with E-state index in [9.17, 15) is 18.0 Å². The molecular weight excluding hydrogens is 440 g/mol. The predicted molar refractivity (Wildman–Crippen MR) is 110 cm³/mol. The fraction of sp³-hybridized carbons (Fsp3) is 0.381. The summed E-state index contributed by atoms with van der Waals surface area (Å²) in [5, 5.41) is 1.20. The van der Waals surface area contributed by atoms with Crippen LogP contribution in [0.15, 0.2) is 42.5 Å². The molecule has 0 radical (unpaired) electrons. The molecule has 0 N–H and O–H groups in total. The Kier molecular flexibility index (Phi) is 7.63. The highest BCUT2D eigenvalue weighted by Gasteiger charge is 2.27. The minimum Gasteiger partial charge on any atom is -0.367 e. The molecule has 2 aromatic carbocycles. The first kappa shape index (κ1) is 22.9. The summed E-state index contributed by atoms with van der Waals surface area (Å²) in [7, 11) is 0. The van der Waals surface area contributed by atoms with Gasteiger partial charge in [0.05, 0.1) is 6.61 Å². The Morgan fingerprint density at radius 2 is 1.77 bits per heavy atom. The van der Waals surface area contributed by atoms with Crippen molar-refractivity contribution in [3.8, 4) is 0 Å². The number of carbonyl (C=O) groups is 1. The number of carbonyl (C=O) groups excluding carboxylic acids is 1. The molecule has 0 aliphatic carbocycles. The summed E-state index contributed by atoms with van der Waals surface area (Å²) in [6.45, 7) is 1.65. The van der Waals surface area contributed by atoms with Gasteiger partial charge in [-0.15, -0.1) is 0 Å². The number of benzene rings is 2. The van der Waals surface area contributed by atoms with Crippen molar-refractivity contribution in [2.24, 2.45) is 0 Å². The number of hydrogen-bond donors (Lipinski definition) is 0. The van der Waals surface area contributed by atoms with Crippen LogP contribution >= 0.6 is 23.2 Å². The quantitative estimate of drug-likeness (QED) is 0.605. The third-order valence-electron chi connectivity index (χ3n) is 4.78. The Labute approximate surface area is 183 Å². The zero-order valence-corrected chi connectivity index (χ0v) is 17.6. The molecule has 0 unspecified atom stereocenters. The van der Waals surface area contributed by atoms with Crippen LogP contribution in [0.3, 0.4) is 0 Å². The second-order valence-electron chi connectivity index (χ2n) is 7.11. The van der Waals surface area contributed by atoms with Crippen molar-refractivity contribution < 1.29 is 22.7 Å². The van der Waals surface area contributed by atoms with Gasteiger partial charge in [-0.3, -0.25) is 9.69 Å². The van der Waals surface area contributed by atoms with Gasteiger partial charge in [0.1, 0.15) is 6.61 Å². The van der Waals surface area contributed by atoms with E-state index in [0.29, 0.717) is 53.9 Å². The van der Waals surface area contributed by atoms with Gasteiger partial charge in [0.25, 0.3) is 5.91 Å². The molecule has 1 aliphatic rings. The molecule has 1 fully saturated rings. The van der Waals surface area contributed by atoms with E-state index >= 15 is 0 Å². The number of amides is 1. The van der Waals surface area contributed by atoms with Crippen LogP contribution in [0, 0.1) is 0 Å². The first-order chi connectivity index (χ1) is 14.2. The van der Waals surface area contributed by atoms with Crippen molar-refractivity contribution >= 4 is 29.1 Å². The van der Waals surface area contributed by atoms with Crippen LogP contribution in [0.5, 0.6) is 0 Å². The molecule has 1 heterocycles. The minimum atomic E-state index is -4.37. The van der Waals surface area contributed by atoms with Gasteiger partial charge in [-0.05, 0) is 35.4 Å². The van der Waals surface area contributed by atoms with E-state index in [1.165, 1.54) is 0 Å². The SMILES string of the molecule is O=C(c1cccc(COCC(F)(F)F)c1)N1CCN(Cc2ccc(Cl)cc2Cl)CC1. The highest BCUT2D eigenvalue weighted by atomic mass is 35.5. The zero-order valence-electron chi connectivity index (χ0n) is 16.1. The maximum Gasteiger partial charge on any atom is 0.411 e. The second kappa shape index (κ2) is 10.0. The molecule has 162 valence electrons. The Morgan fingerprint density at radius 1 is 1.03 bits per heavy atom. The van der Waals surface area contributed by atoms with Crippen LogP contribution in [0.2, 0.25) is 10.0 Å². The Hall–Kier alpha value is -1.80. The van der Waals surface area contributed by atoms with Crippen molar-refractivity contribution in [2.45, 2.75) is 19.3 Å². The topological polar surface area (TPSA) is 32.8 Å². The maximum absolute atomic E-state index is 12.8. The maximum atomic E-state index is 12.8. The molecule has 9 heteroatoms. The van der Waals surface area contributed by atoms with E-state index in [1.54, 1.807) is 41.3 Å². The lowest BCUT2D eigenvalue weighted by molar-refractivity contribution is -0.176. The average Bonchev–Trinajstić information content (AvgIpc) is 2.69. The van der Waals surface area contributed by atoms with Crippen molar-refractivity contribution in [3.05, 3.63) is 69.2 Å². The third-order valence-corrected chi connectivity index (χ3v) is 5.36. The fourth-order valence-electron chi connectivity index (χ4n) is 3.26. The predicted octanol–water partition coefficient (Wildman–Crippen LogP) is 5.03. The molecule has 2 aromatic rings. The molecule has 1 saturated heterocycles. The summed E-state index contributed by atoms with van der Waals surface area (Å²) in [4.78, 5) is 16.7. The first-order valence-electron chi connectivity index (χ1n) is 9.40. The molecule has 0 saturated carbocycles. The summed E-state index contributed by atoms with van der Waals surface area (Å²) in [5.74, 6) is -0.142. The smallest absolute Gasteiger partial charge is 0.367 e. The molecule has 1 amide bonds. The average molecular weight is 461 g/mol.